The Hall–Kier alpha value is -3.36. The Balaban J connectivity index is 1.89. The van der Waals surface area contributed by atoms with Crippen molar-refractivity contribution >= 4 is 23.5 Å². The molecule has 1 aliphatic carbocycles. The number of azo groups is 1. The lowest BCUT2D eigenvalue weighted by Crippen LogP contribution is -2.11. The van der Waals surface area contributed by atoms with Gasteiger partial charge in [-0.1, -0.05) is 24.3 Å². The minimum absolute atomic E-state index is 0.00195. The van der Waals surface area contributed by atoms with E-state index in [0.29, 0.717) is 11.1 Å². The lowest BCUT2D eigenvalue weighted by Gasteiger charge is -2.00. The molecule has 0 saturated heterocycles. The molecule has 0 saturated carbocycles. The molecular formula is C15H13N5O4. The second-order valence-corrected chi connectivity index (χ2v) is 4.88. The Morgan fingerprint density at radius 3 is 2.62 bits per heavy atom. The van der Waals surface area contributed by atoms with Crippen molar-refractivity contribution in [3.05, 3.63) is 46.9 Å². The number of hydrogen-bond acceptors (Lipinski definition) is 8. The first-order valence-electron chi connectivity index (χ1n) is 7.10. The van der Waals surface area contributed by atoms with Gasteiger partial charge in [0.1, 0.15) is 0 Å². The molecule has 0 spiro atoms. The maximum atomic E-state index is 12.2. The largest absolute Gasteiger partial charge is 0.505 e. The highest BCUT2D eigenvalue weighted by atomic mass is 16.5. The number of fused-ring (bicyclic) bond motifs is 1. The summed E-state index contributed by atoms with van der Waals surface area (Å²) in [5.74, 6) is -1.35. The van der Waals surface area contributed by atoms with Crippen molar-refractivity contribution < 1.29 is 19.4 Å². The molecule has 0 aliphatic heterocycles. The number of hydrogen-bond donors (Lipinski definition) is 1. The molecule has 122 valence electrons. The average molecular weight is 327 g/mol. The van der Waals surface area contributed by atoms with Crippen LogP contribution in [0.4, 0.5) is 5.95 Å². The van der Waals surface area contributed by atoms with Crippen molar-refractivity contribution in [2.24, 2.45) is 17.3 Å². The molecule has 1 N–H and O–H groups in total. The molecule has 0 amide bonds. The summed E-state index contributed by atoms with van der Waals surface area (Å²) in [7, 11) is 1.51. The summed E-state index contributed by atoms with van der Waals surface area (Å²) in [5.41, 5.74) is 0.577. The van der Waals surface area contributed by atoms with Crippen molar-refractivity contribution in [2.45, 2.75) is 6.92 Å². The van der Waals surface area contributed by atoms with Crippen molar-refractivity contribution in [2.75, 3.05) is 6.61 Å². The van der Waals surface area contributed by atoms with E-state index in [2.05, 4.69) is 20.4 Å². The zero-order valence-corrected chi connectivity index (χ0v) is 12.9. The van der Waals surface area contributed by atoms with Crippen LogP contribution in [0.3, 0.4) is 0 Å². The van der Waals surface area contributed by atoms with E-state index >= 15 is 0 Å². The first-order chi connectivity index (χ1) is 11.5. The van der Waals surface area contributed by atoms with Gasteiger partial charge >= 0.3 is 5.97 Å². The van der Waals surface area contributed by atoms with Crippen molar-refractivity contribution in [3.63, 3.8) is 0 Å². The molecule has 9 nitrogen and oxygen atoms in total. The number of ether oxygens (including phenoxy) is 1. The normalized spacial score (nSPS) is 13.7. The fourth-order valence-corrected chi connectivity index (χ4v) is 2.22. The maximum absolute atomic E-state index is 12.2. The third-order valence-corrected chi connectivity index (χ3v) is 3.42. The standard InChI is InChI=1S/C15H13N5O4/c1-3-24-14(23)13-17-19-15(20(13)2)18-16-10-11(21)8-6-4-5-7-9(8)12(10)22/h4-7,21H,3H2,1-2H3. The molecule has 0 unspecified atom stereocenters. The number of nitrogens with zero attached hydrogens (tertiary/aromatic N) is 5. The van der Waals surface area contributed by atoms with Crippen LogP contribution >= 0.6 is 0 Å². The van der Waals surface area contributed by atoms with E-state index in [4.69, 9.17) is 4.74 Å². The highest BCUT2D eigenvalue weighted by molar-refractivity contribution is 6.19. The van der Waals surface area contributed by atoms with Crippen LogP contribution in [0.25, 0.3) is 5.76 Å². The highest BCUT2D eigenvalue weighted by Crippen LogP contribution is 2.32. The van der Waals surface area contributed by atoms with Gasteiger partial charge in [0.05, 0.1) is 6.61 Å². The van der Waals surface area contributed by atoms with E-state index in [1.54, 1.807) is 31.2 Å². The van der Waals surface area contributed by atoms with E-state index in [1.165, 1.54) is 11.6 Å². The van der Waals surface area contributed by atoms with Gasteiger partial charge in [0.2, 0.25) is 11.6 Å². The molecule has 9 heteroatoms. The number of Topliss-reactive ketones (excluding diaryl/α,β-unsaturated/α-hetero) is 1. The Labute approximate surface area is 136 Å². The van der Waals surface area contributed by atoms with Crippen LogP contribution in [0.15, 0.2) is 40.2 Å². The fourth-order valence-electron chi connectivity index (χ4n) is 2.22. The number of aliphatic hydroxyl groups is 1. The van der Waals surface area contributed by atoms with Gasteiger partial charge in [-0.2, -0.15) is 0 Å². The molecular weight excluding hydrogens is 314 g/mol. The van der Waals surface area contributed by atoms with Crippen molar-refractivity contribution in [1.29, 1.82) is 0 Å². The third-order valence-electron chi connectivity index (χ3n) is 3.42. The zero-order chi connectivity index (χ0) is 17.3. The second-order valence-electron chi connectivity index (χ2n) is 4.88. The molecule has 3 rings (SSSR count). The minimum atomic E-state index is -0.639. The Morgan fingerprint density at radius 1 is 1.25 bits per heavy atom. The van der Waals surface area contributed by atoms with Gasteiger partial charge < -0.3 is 9.84 Å². The number of esters is 1. The van der Waals surface area contributed by atoms with Gasteiger partial charge in [-0.25, -0.2) is 4.79 Å². The topological polar surface area (TPSA) is 119 Å². The summed E-state index contributed by atoms with van der Waals surface area (Å²) >= 11 is 0. The molecule has 0 bridgehead atoms. The van der Waals surface area contributed by atoms with Gasteiger partial charge in [0, 0.05) is 18.2 Å². The van der Waals surface area contributed by atoms with Gasteiger partial charge in [0.25, 0.3) is 5.95 Å². The number of ketones is 1. The van der Waals surface area contributed by atoms with E-state index in [-0.39, 0.29) is 29.8 Å². The number of rotatable bonds is 4. The predicted octanol–water partition coefficient (Wildman–Crippen LogP) is 2.20. The van der Waals surface area contributed by atoms with Crippen LogP contribution in [-0.2, 0) is 11.8 Å². The van der Waals surface area contributed by atoms with Crippen LogP contribution in [0.2, 0.25) is 0 Å². The molecule has 24 heavy (non-hydrogen) atoms. The quantitative estimate of drug-likeness (QED) is 0.679. The highest BCUT2D eigenvalue weighted by Gasteiger charge is 2.29. The number of benzene rings is 1. The molecule has 1 aromatic carbocycles. The summed E-state index contributed by atoms with van der Waals surface area (Å²) in [6, 6.07) is 6.61. The van der Waals surface area contributed by atoms with E-state index in [1.807, 2.05) is 0 Å². The number of allylic oxidation sites excluding steroid dienone is 1. The van der Waals surface area contributed by atoms with Crippen LogP contribution in [0, 0.1) is 0 Å². The Morgan fingerprint density at radius 2 is 1.96 bits per heavy atom. The number of carbonyl (C=O) groups is 2. The first kappa shape index (κ1) is 15.5. The summed E-state index contributed by atoms with van der Waals surface area (Å²) in [4.78, 5) is 23.9. The lowest BCUT2D eigenvalue weighted by molar-refractivity contribution is 0.0507. The van der Waals surface area contributed by atoms with E-state index in [0.717, 1.165) is 0 Å². The zero-order valence-electron chi connectivity index (χ0n) is 12.9. The molecule has 2 aromatic rings. The van der Waals surface area contributed by atoms with Crippen LogP contribution in [0.5, 0.6) is 0 Å². The lowest BCUT2D eigenvalue weighted by atomic mass is 10.1. The van der Waals surface area contributed by atoms with Gasteiger partial charge in [-0.05, 0) is 6.92 Å². The van der Waals surface area contributed by atoms with Crippen molar-refractivity contribution in [3.8, 4) is 0 Å². The SMILES string of the molecule is CCOC(=O)c1nnc(N=NC2=C(O)c3ccccc3C2=O)n1C. The number of aromatic nitrogens is 3. The second kappa shape index (κ2) is 6.03. The molecule has 0 radical (unpaired) electrons. The molecule has 1 aromatic heterocycles. The third kappa shape index (κ3) is 2.45. The Kier molecular flexibility index (Phi) is 3.90. The predicted molar refractivity (Wildman–Crippen MR) is 81.8 cm³/mol. The molecule has 1 aliphatic rings. The summed E-state index contributed by atoms with van der Waals surface area (Å²) < 4.78 is 6.12. The van der Waals surface area contributed by atoms with Crippen molar-refractivity contribution in [1.82, 2.24) is 14.8 Å². The van der Waals surface area contributed by atoms with Gasteiger partial charge in [0.15, 0.2) is 11.5 Å². The summed E-state index contributed by atoms with van der Waals surface area (Å²) in [5, 5.41) is 25.1. The Bertz CT molecular complexity index is 897. The molecule has 0 atom stereocenters. The summed E-state index contributed by atoms with van der Waals surface area (Å²) in [6.45, 7) is 1.88. The molecule has 1 heterocycles. The van der Waals surface area contributed by atoms with Gasteiger partial charge in [-0.3, -0.25) is 9.36 Å². The fraction of sp³-hybridized carbons (Fsp3) is 0.200. The van der Waals surface area contributed by atoms with Gasteiger partial charge in [-0.15, -0.1) is 20.4 Å². The average Bonchev–Trinajstić information content (AvgIpc) is 3.06. The maximum Gasteiger partial charge on any atom is 0.376 e. The number of aliphatic hydroxyl groups excluding tert-OH is 1. The van der Waals surface area contributed by atoms with Crippen LogP contribution in [-0.4, -0.2) is 38.2 Å². The van der Waals surface area contributed by atoms with Crippen LogP contribution < -0.4 is 0 Å². The monoisotopic (exact) mass is 327 g/mol. The molecule has 0 fully saturated rings. The first-order valence-corrected chi connectivity index (χ1v) is 7.10. The van der Waals surface area contributed by atoms with E-state index in [9.17, 15) is 14.7 Å². The smallest absolute Gasteiger partial charge is 0.376 e. The summed E-state index contributed by atoms with van der Waals surface area (Å²) in [6.07, 6.45) is 0. The van der Waals surface area contributed by atoms with E-state index < -0.39 is 11.8 Å². The minimum Gasteiger partial charge on any atom is -0.505 e. The number of carbonyl (C=O) groups excluding carboxylic acids is 2. The van der Waals surface area contributed by atoms with Crippen LogP contribution in [0.1, 0.15) is 33.5 Å².